The molecule has 1 amide bonds. The van der Waals surface area contributed by atoms with Crippen molar-refractivity contribution in [2.24, 2.45) is 0 Å². The second-order valence-electron chi connectivity index (χ2n) is 4.00. The summed E-state index contributed by atoms with van der Waals surface area (Å²) in [6.07, 6.45) is -5.03. The van der Waals surface area contributed by atoms with E-state index in [1.807, 2.05) is 0 Å². The van der Waals surface area contributed by atoms with Gasteiger partial charge in [-0.2, -0.15) is 13.2 Å². The number of alkyl halides is 3. The molecule has 9 heteroatoms. The molecule has 0 spiro atoms. The molecule has 0 aliphatic rings. The molecule has 0 saturated carbocycles. The normalized spacial score (nSPS) is 11.3. The van der Waals surface area contributed by atoms with Crippen LogP contribution in [0.1, 0.15) is 17.3 Å². The molecule has 0 fully saturated rings. The summed E-state index contributed by atoms with van der Waals surface area (Å²) in [6, 6.07) is 3.48. The summed E-state index contributed by atoms with van der Waals surface area (Å²) in [5.74, 6) is -2.90. The standard InChI is InChI=1S/C13H10F3NO3S2/c1-2-20-11(18)9-7(8-4-3-5-21-8)6-22-10(9)17-12(19)13(14,15)16/h3-6H,2H2,1H3,(H,17,19). The molecule has 0 unspecified atom stereocenters. The number of rotatable bonds is 4. The molecule has 2 heterocycles. The maximum absolute atomic E-state index is 12.4. The number of ether oxygens (including phenoxy) is 1. The van der Waals surface area contributed by atoms with Crippen LogP contribution >= 0.6 is 22.7 Å². The van der Waals surface area contributed by atoms with E-state index < -0.39 is 18.1 Å². The highest BCUT2D eigenvalue weighted by Gasteiger charge is 2.40. The third-order valence-corrected chi connectivity index (χ3v) is 4.34. The fraction of sp³-hybridized carbons (Fsp3) is 0.231. The second kappa shape index (κ2) is 6.49. The van der Waals surface area contributed by atoms with Gasteiger partial charge >= 0.3 is 18.1 Å². The fourth-order valence-corrected chi connectivity index (χ4v) is 3.41. The summed E-state index contributed by atoms with van der Waals surface area (Å²) in [5.41, 5.74) is 0.378. The zero-order valence-corrected chi connectivity index (χ0v) is 12.8. The molecule has 0 saturated heterocycles. The SMILES string of the molecule is CCOC(=O)c1c(-c2cccs2)csc1NC(=O)C(F)(F)F. The largest absolute Gasteiger partial charge is 0.471 e. The van der Waals surface area contributed by atoms with Gasteiger partial charge in [-0.3, -0.25) is 4.79 Å². The molecule has 0 aromatic carbocycles. The van der Waals surface area contributed by atoms with Gasteiger partial charge in [0.15, 0.2) is 0 Å². The molecule has 0 aliphatic heterocycles. The molecule has 2 aromatic heterocycles. The molecule has 1 N–H and O–H groups in total. The van der Waals surface area contributed by atoms with Gasteiger partial charge in [-0.15, -0.1) is 22.7 Å². The summed E-state index contributed by atoms with van der Waals surface area (Å²) in [7, 11) is 0. The van der Waals surface area contributed by atoms with E-state index in [1.165, 1.54) is 16.7 Å². The Balaban J connectivity index is 2.42. The first kappa shape index (κ1) is 16.5. The predicted octanol–water partition coefficient (Wildman–Crippen LogP) is 4.15. The minimum absolute atomic E-state index is 0.0631. The van der Waals surface area contributed by atoms with Crippen LogP contribution in [0, 0.1) is 0 Å². The average molecular weight is 349 g/mol. The van der Waals surface area contributed by atoms with Gasteiger partial charge in [0.1, 0.15) is 10.6 Å². The summed E-state index contributed by atoms with van der Waals surface area (Å²) < 4.78 is 42.0. The second-order valence-corrected chi connectivity index (χ2v) is 5.83. The van der Waals surface area contributed by atoms with Crippen LogP contribution in [0.4, 0.5) is 18.2 Å². The van der Waals surface area contributed by atoms with Gasteiger partial charge < -0.3 is 10.1 Å². The van der Waals surface area contributed by atoms with Crippen molar-refractivity contribution < 1.29 is 27.5 Å². The van der Waals surface area contributed by atoms with Crippen LogP contribution in [-0.4, -0.2) is 24.7 Å². The highest BCUT2D eigenvalue weighted by Crippen LogP contribution is 2.38. The van der Waals surface area contributed by atoms with Crippen molar-refractivity contribution in [2.45, 2.75) is 13.1 Å². The lowest BCUT2D eigenvalue weighted by Gasteiger charge is -2.09. The zero-order valence-electron chi connectivity index (χ0n) is 11.2. The van der Waals surface area contributed by atoms with Crippen molar-refractivity contribution in [3.63, 3.8) is 0 Å². The van der Waals surface area contributed by atoms with E-state index in [9.17, 15) is 22.8 Å². The molecule has 22 heavy (non-hydrogen) atoms. The van der Waals surface area contributed by atoms with Gasteiger partial charge in [0.2, 0.25) is 0 Å². The number of carbonyl (C=O) groups excluding carboxylic acids is 2. The predicted molar refractivity (Wildman–Crippen MR) is 78.3 cm³/mol. The van der Waals surface area contributed by atoms with Crippen molar-refractivity contribution in [3.8, 4) is 10.4 Å². The minimum Gasteiger partial charge on any atom is -0.462 e. The van der Waals surface area contributed by atoms with Gasteiger partial charge in [-0.1, -0.05) is 6.07 Å². The molecule has 0 bridgehead atoms. The number of hydrogen-bond donors (Lipinski definition) is 1. The van der Waals surface area contributed by atoms with Gasteiger partial charge in [0.05, 0.1) is 6.61 Å². The van der Waals surface area contributed by atoms with E-state index in [0.717, 1.165) is 11.3 Å². The fourth-order valence-electron chi connectivity index (χ4n) is 1.64. The molecule has 0 atom stereocenters. The smallest absolute Gasteiger partial charge is 0.462 e. The first-order chi connectivity index (χ1) is 10.3. The Morgan fingerprint density at radius 1 is 1.32 bits per heavy atom. The van der Waals surface area contributed by atoms with Crippen molar-refractivity contribution in [1.82, 2.24) is 0 Å². The first-order valence-corrected chi connectivity index (χ1v) is 7.81. The Bertz CT molecular complexity index is 677. The molecule has 2 aromatic rings. The number of amides is 1. The van der Waals surface area contributed by atoms with Crippen molar-refractivity contribution in [3.05, 3.63) is 28.5 Å². The molecule has 0 aliphatic carbocycles. The number of nitrogens with one attached hydrogen (secondary N) is 1. The van der Waals surface area contributed by atoms with Crippen LogP contribution in [0.15, 0.2) is 22.9 Å². The Morgan fingerprint density at radius 2 is 2.05 bits per heavy atom. The molecule has 118 valence electrons. The Labute approximate surface area is 131 Å². The Kier molecular flexibility index (Phi) is 4.87. The van der Waals surface area contributed by atoms with Gasteiger partial charge in [-0.25, -0.2) is 4.79 Å². The van der Waals surface area contributed by atoms with E-state index in [2.05, 4.69) is 0 Å². The van der Waals surface area contributed by atoms with Crippen LogP contribution in [0.3, 0.4) is 0 Å². The lowest BCUT2D eigenvalue weighted by atomic mass is 10.1. The van der Waals surface area contributed by atoms with E-state index >= 15 is 0 Å². The summed E-state index contributed by atoms with van der Waals surface area (Å²) in [5, 5.41) is 4.85. The van der Waals surface area contributed by atoms with E-state index in [1.54, 1.807) is 29.8 Å². The summed E-state index contributed by atoms with van der Waals surface area (Å²) in [4.78, 5) is 23.8. The van der Waals surface area contributed by atoms with Crippen LogP contribution in [0.2, 0.25) is 0 Å². The maximum atomic E-state index is 12.4. The van der Waals surface area contributed by atoms with Gasteiger partial charge in [0, 0.05) is 15.8 Å². The Morgan fingerprint density at radius 3 is 2.59 bits per heavy atom. The maximum Gasteiger partial charge on any atom is 0.471 e. The van der Waals surface area contributed by atoms with Gasteiger partial charge in [-0.05, 0) is 18.4 Å². The lowest BCUT2D eigenvalue weighted by Crippen LogP contribution is -2.30. The monoisotopic (exact) mass is 349 g/mol. The van der Waals surface area contributed by atoms with Crippen molar-refractivity contribution in [1.29, 1.82) is 0 Å². The topological polar surface area (TPSA) is 55.4 Å². The number of anilines is 1. The minimum atomic E-state index is -5.03. The molecule has 4 nitrogen and oxygen atoms in total. The van der Waals surface area contributed by atoms with Gasteiger partial charge in [0.25, 0.3) is 0 Å². The number of halogens is 3. The summed E-state index contributed by atoms with van der Waals surface area (Å²) in [6.45, 7) is 1.66. The quantitative estimate of drug-likeness (QED) is 0.844. The highest BCUT2D eigenvalue weighted by molar-refractivity contribution is 7.17. The average Bonchev–Trinajstić information content (AvgIpc) is 3.05. The van der Waals surface area contributed by atoms with E-state index in [0.29, 0.717) is 10.4 Å². The molecular weight excluding hydrogens is 339 g/mol. The van der Waals surface area contributed by atoms with Crippen LogP contribution in [0.25, 0.3) is 10.4 Å². The third-order valence-electron chi connectivity index (χ3n) is 2.54. The first-order valence-electron chi connectivity index (χ1n) is 6.05. The van der Waals surface area contributed by atoms with Crippen molar-refractivity contribution in [2.75, 3.05) is 11.9 Å². The summed E-state index contributed by atoms with van der Waals surface area (Å²) >= 11 is 2.17. The van der Waals surface area contributed by atoms with Crippen LogP contribution < -0.4 is 5.32 Å². The molecular formula is C13H10F3NO3S2. The van der Waals surface area contributed by atoms with E-state index in [4.69, 9.17) is 4.74 Å². The lowest BCUT2D eigenvalue weighted by molar-refractivity contribution is -0.167. The third kappa shape index (κ3) is 3.47. The number of carbonyl (C=O) groups is 2. The number of esters is 1. The number of thiophene rings is 2. The number of hydrogen-bond acceptors (Lipinski definition) is 5. The molecule has 2 rings (SSSR count). The van der Waals surface area contributed by atoms with Crippen molar-refractivity contribution >= 4 is 39.6 Å². The zero-order chi connectivity index (χ0) is 16.3. The molecule has 0 radical (unpaired) electrons. The van der Waals surface area contributed by atoms with E-state index in [-0.39, 0.29) is 17.2 Å². The Hall–Kier alpha value is -1.87. The van der Waals surface area contributed by atoms with Crippen LogP contribution in [-0.2, 0) is 9.53 Å². The van der Waals surface area contributed by atoms with Crippen LogP contribution in [0.5, 0.6) is 0 Å². The highest BCUT2D eigenvalue weighted by atomic mass is 32.1.